The molecular weight excluding hydrogens is 524 g/mol. The van der Waals surface area contributed by atoms with Crippen molar-refractivity contribution in [3.05, 3.63) is 88.0 Å². The Morgan fingerprint density at radius 3 is 2.31 bits per heavy atom. The standard InChI is InChI=1S/C27H30N4O7S/c1-19(2)18-38-24-10-6-21(7-11-24)16-28-29-27(32)17-30(22-8-12-23(37-4)13-9-22)39(35,36)25-14-5-20(3)26(15-25)31(33)34/h5-16,19H,17-18H2,1-4H3,(H,29,32)/b28-16-. The van der Waals surface area contributed by atoms with Crippen LogP contribution in [0.1, 0.15) is 25.0 Å². The van der Waals surface area contributed by atoms with Gasteiger partial charge in [0.05, 0.1) is 35.4 Å². The summed E-state index contributed by atoms with van der Waals surface area (Å²) < 4.78 is 38.8. The highest BCUT2D eigenvalue weighted by Crippen LogP contribution is 2.29. The van der Waals surface area contributed by atoms with Gasteiger partial charge in [0, 0.05) is 11.6 Å². The number of hydrogen-bond donors (Lipinski definition) is 1. The molecule has 0 atom stereocenters. The predicted molar refractivity (Wildman–Crippen MR) is 148 cm³/mol. The van der Waals surface area contributed by atoms with Crippen LogP contribution in [0.25, 0.3) is 0 Å². The van der Waals surface area contributed by atoms with Gasteiger partial charge in [-0.25, -0.2) is 13.8 Å². The van der Waals surface area contributed by atoms with Crippen molar-refractivity contribution in [1.29, 1.82) is 0 Å². The molecule has 0 aromatic heterocycles. The minimum atomic E-state index is -4.37. The summed E-state index contributed by atoms with van der Waals surface area (Å²) in [6.45, 7) is 5.57. The first-order chi connectivity index (χ1) is 18.5. The van der Waals surface area contributed by atoms with Gasteiger partial charge in [0.2, 0.25) is 0 Å². The molecule has 3 aromatic rings. The molecule has 1 N–H and O–H groups in total. The fourth-order valence-electron chi connectivity index (χ4n) is 3.39. The molecule has 3 rings (SSSR count). The van der Waals surface area contributed by atoms with Crippen LogP contribution >= 0.6 is 0 Å². The number of anilines is 1. The van der Waals surface area contributed by atoms with Crippen molar-refractivity contribution in [2.24, 2.45) is 11.0 Å². The average Bonchev–Trinajstić information content (AvgIpc) is 2.91. The molecule has 0 aliphatic heterocycles. The van der Waals surface area contributed by atoms with E-state index in [-0.39, 0.29) is 16.3 Å². The minimum Gasteiger partial charge on any atom is -0.497 e. The second-order valence-electron chi connectivity index (χ2n) is 8.98. The Hall–Kier alpha value is -4.45. The summed E-state index contributed by atoms with van der Waals surface area (Å²) >= 11 is 0. The molecule has 0 saturated heterocycles. The lowest BCUT2D eigenvalue weighted by molar-refractivity contribution is -0.385. The SMILES string of the molecule is COc1ccc(N(CC(=O)N/N=C\c2ccc(OCC(C)C)cc2)S(=O)(=O)c2ccc(C)c([N+](=O)[O-])c2)cc1. The number of ether oxygens (including phenoxy) is 2. The summed E-state index contributed by atoms with van der Waals surface area (Å²) in [7, 11) is -2.91. The third-order valence-electron chi connectivity index (χ3n) is 5.48. The molecule has 0 aliphatic rings. The molecule has 0 spiro atoms. The molecule has 0 saturated carbocycles. The molecule has 39 heavy (non-hydrogen) atoms. The first kappa shape index (κ1) is 29.1. The fourth-order valence-corrected chi connectivity index (χ4v) is 4.84. The Kier molecular flexibility index (Phi) is 9.61. The van der Waals surface area contributed by atoms with Crippen molar-refractivity contribution in [1.82, 2.24) is 5.43 Å². The van der Waals surface area contributed by atoms with Crippen molar-refractivity contribution < 1.29 is 27.6 Å². The zero-order chi connectivity index (χ0) is 28.6. The number of nitro benzene ring substituents is 1. The number of nitrogens with zero attached hydrogens (tertiary/aromatic N) is 3. The maximum atomic E-state index is 13.6. The number of hydrogen-bond acceptors (Lipinski definition) is 8. The Labute approximate surface area is 227 Å². The first-order valence-electron chi connectivity index (χ1n) is 12.0. The molecule has 0 radical (unpaired) electrons. The van der Waals surface area contributed by atoms with Gasteiger partial charge in [-0.15, -0.1) is 0 Å². The third-order valence-corrected chi connectivity index (χ3v) is 7.25. The molecule has 0 bridgehead atoms. The van der Waals surface area contributed by atoms with E-state index in [1.54, 1.807) is 36.4 Å². The van der Waals surface area contributed by atoms with E-state index < -0.39 is 27.4 Å². The smallest absolute Gasteiger partial charge is 0.273 e. The minimum absolute atomic E-state index is 0.162. The summed E-state index contributed by atoms with van der Waals surface area (Å²) in [4.78, 5) is 23.2. The van der Waals surface area contributed by atoms with Gasteiger partial charge in [0.15, 0.2) is 0 Å². The predicted octanol–water partition coefficient (Wildman–Crippen LogP) is 4.29. The lowest BCUT2D eigenvalue weighted by Crippen LogP contribution is -2.39. The quantitative estimate of drug-likeness (QED) is 0.200. The number of methoxy groups -OCH3 is 1. The molecular formula is C27H30N4O7S. The van der Waals surface area contributed by atoms with Crippen LogP contribution in [0, 0.1) is 23.0 Å². The van der Waals surface area contributed by atoms with Crippen molar-refractivity contribution in [3.8, 4) is 11.5 Å². The Morgan fingerprint density at radius 2 is 1.72 bits per heavy atom. The van der Waals surface area contributed by atoms with Gasteiger partial charge in [-0.3, -0.25) is 19.2 Å². The van der Waals surface area contributed by atoms with E-state index in [4.69, 9.17) is 9.47 Å². The number of nitro groups is 1. The maximum Gasteiger partial charge on any atom is 0.273 e. The molecule has 0 heterocycles. The average molecular weight is 555 g/mol. The van der Waals surface area contributed by atoms with Crippen LogP contribution in [0.5, 0.6) is 11.5 Å². The van der Waals surface area contributed by atoms with Crippen molar-refractivity contribution >= 4 is 33.5 Å². The van der Waals surface area contributed by atoms with E-state index in [9.17, 15) is 23.3 Å². The molecule has 11 nitrogen and oxygen atoms in total. The number of rotatable bonds is 12. The highest BCUT2D eigenvalue weighted by Gasteiger charge is 2.29. The number of carbonyl (C=O) groups excluding carboxylic acids is 1. The molecule has 3 aromatic carbocycles. The van der Waals surface area contributed by atoms with Crippen LogP contribution in [-0.2, 0) is 14.8 Å². The molecule has 0 aliphatic carbocycles. The van der Waals surface area contributed by atoms with Crippen LogP contribution in [0.2, 0.25) is 0 Å². The lowest BCUT2D eigenvalue weighted by Gasteiger charge is -2.24. The number of benzene rings is 3. The van der Waals surface area contributed by atoms with Gasteiger partial charge in [-0.1, -0.05) is 19.9 Å². The van der Waals surface area contributed by atoms with Gasteiger partial charge in [0.1, 0.15) is 18.0 Å². The highest BCUT2D eigenvalue weighted by molar-refractivity contribution is 7.92. The van der Waals surface area contributed by atoms with Gasteiger partial charge < -0.3 is 9.47 Å². The second-order valence-corrected chi connectivity index (χ2v) is 10.8. The number of aryl methyl sites for hydroxylation is 1. The van der Waals surface area contributed by atoms with Gasteiger partial charge >= 0.3 is 0 Å². The lowest BCUT2D eigenvalue weighted by atomic mass is 10.2. The Morgan fingerprint density at radius 1 is 1.08 bits per heavy atom. The molecule has 1 amide bonds. The zero-order valence-corrected chi connectivity index (χ0v) is 22.8. The summed E-state index contributed by atoms with van der Waals surface area (Å²) in [5, 5.41) is 15.3. The van der Waals surface area contributed by atoms with Crippen molar-refractivity contribution in [3.63, 3.8) is 0 Å². The monoisotopic (exact) mass is 554 g/mol. The second kappa shape index (κ2) is 12.9. The maximum absolute atomic E-state index is 13.6. The van der Waals surface area contributed by atoms with E-state index in [2.05, 4.69) is 24.4 Å². The van der Waals surface area contributed by atoms with Gasteiger partial charge in [-0.2, -0.15) is 5.10 Å². The summed E-state index contributed by atoms with van der Waals surface area (Å²) in [5.41, 5.74) is 3.15. The first-order valence-corrected chi connectivity index (χ1v) is 13.4. The van der Waals surface area contributed by atoms with E-state index in [0.717, 1.165) is 10.4 Å². The van der Waals surface area contributed by atoms with Crippen LogP contribution in [0.15, 0.2) is 76.7 Å². The normalized spacial score (nSPS) is 11.4. The van der Waals surface area contributed by atoms with Crippen LogP contribution in [-0.4, -0.2) is 45.7 Å². The third kappa shape index (κ3) is 7.77. The summed E-state index contributed by atoms with van der Waals surface area (Å²) in [5.74, 6) is 0.867. The van der Waals surface area contributed by atoms with Gasteiger partial charge in [-0.05, 0) is 73.0 Å². The van der Waals surface area contributed by atoms with E-state index >= 15 is 0 Å². The molecule has 12 heteroatoms. The fraction of sp³-hybridized carbons (Fsp3) is 0.259. The van der Waals surface area contributed by atoms with Crippen molar-refractivity contribution in [2.75, 3.05) is 24.6 Å². The Bertz CT molecular complexity index is 1440. The van der Waals surface area contributed by atoms with Crippen LogP contribution in [0.4, 0.5) is 11.4 Å². The summed E-state index contributed by atoms with van der Waals surface area (Å²) in [6, 6.07) is 16.7. The number of amides is 1. The Balaban J connectivity index is 1.81. The van der Waals surface area contributed by atoms with E-state index in [0.29, 0.717) is 35.2 Å². The molecule has 0 unspecified atom stereocenters. The number of nitrogens with one attached hydrogen (secondary N) is 1. The van der Waals surface area contributed by atoms with Gasteiger partial charge in [0.25, 0.3) is 21.6 Å². The van der Waals surface area contributed by atoms with E-state index in [1.165, 1.54) is 44.5 Å². The molecule has 0 fully saturated rings. The van der Waals surface area contributed by atoms with Crippen molar-refractivity contribution in [2.45, 2.75) is 25.7 Å². The summed E-state index contributed by atoms with van der Waals surface area (Å²) in [6.07, 6.45) is 1.42. The topological polar surface area (TPSA) is 140 Å². The number of carbonyl (C=O) groups is 1. The largest absolute Gasteiger partial charge is 0.497 e. The number of sulfonamides is 1. The van der Waals surface area contributed by atoms with E-state index in [1.807, 2.05) is 0 Å². The van der Waals surface area contributed by atoms with Crippen LogP contribution < -0.4 is 19.2 Å². The van der Waals surface area contributed by atoms with Crippen LogP contribution in [0.3, 0.4) is 0 Å². The number of hydrazone groups is 1. The highest BCUT2D eigenvalue weighted by atomic mass is 32.2. The zero-order valence-electron chi connectivity index (χ0n) is 22.0. The molecule has 206 valence electrons.